The summed E-state index contributed by atoms with van der Waals surface area (Å²) in [6.45, 7) is 10.6. The number of ether oxygens (including phenoxy) is 1. The minimum absolute atomic E-state index is 0.637. The van der Waals surface area contributed by atoms with E-state index in [4.69, 9.17) is 4.74 Å². The zero-order valence-electron chi connectivity index (χ0n) is 9.05. The minimum Gasteiger partial charge on any atom is -0.378 e. The first-order valence-corrected chi connectivity index (χ1v) is 5.28. The maximum atomic E-state index is 5.34. The molecule has 1 fully saturated rings. The minimum atomic E-state index is 0.637. The molecule has 0 unspecified atom stereocenters. The van der Waals surface area contributed by atoms with Crippen molar-refractivity contribution in [3.63, 3.8) is 0 Å². The Morgan fingerprint density at radius 1 is 1.38 bits per heavy atom. The molecule has 1 rings (SSSR count). The molecule has 76 valence electrons. The van der Waals surface area contributed by atoms with Gasteiger partial charge in [-0.1, -0.05) is 26.8 Å². The van der Waals surface area contributed by atoms with E-state index in [1.165, 1.54) is 5.70 Å². The maximum Gasteiger partial charge on any atom is 0.0642 e. The zero-order valence-corrected chi connectivity index (χ0v) is 9.05. The summed E-state index contributed by atoms with van der Waals surface area (Å²) < 4.78 is 5.34. The van der Waals surface area contributed by atoms with Crippen LogP contribution < -0.4 is 0 Å². The molecule has 2 nitrogen and oxygen atoms in total. The molecule has 0 aromatic carbocycles. The normalized spacial score (nSPS) is 19.7. The molecule has 0 aromatic rings. The van der Waals surface area contributed by atoms with Crippen LogP contribution in [-0.4, -0.2) is 31.2 Å². The predicted molar refractivity (Wildman–Crippen MR) is 55.6 cm³/mol. The fourth-order valence-electron chi connectivity index (χ4n) is 1.76. The van der Waals surface area contributed by atoms with Crippen molar-refractivity contribution in [1.82, 2.24) is 4.90 Å². The van der Waals surface area contributed by atoms with Gasteiger partial charge in [0.15, 0.2) is 0 Å². The number of allylic oxidation sites excluding steroid dienone is 2. The standard InChI is InChI=1S/C11H21NO/c1-4-5-11(10(2)3)12-6-8-13-9-7-12/h5,10H,4,6-9H2,1-3H3/b11-5-. The van der Waals surface area contributed by atoms with Crippen LogP contribution in [0.2, 0.25) is 0 Å². The van der Waals surface area contributed by atoms with Gasteiger partial charge in [0.05, 0.1) is 13.2 Å². The second-order valence-electron chi connectivity index (χ2n) is 3.79. The summed E-state index contributed by atoms with van der Waals surface area (Å²) in [7, 11) is 0. The molecule has 1 aliphatic rings. The Kier molecular flexibility index (Phi) is 4.29. The molecular weight excluding hydrogens is 162 g/mol. The van der Waals surface area contributed by atoms with Gasteiger partial charge in [-0.2, -0.15) is 0 Å². The molecule has 0 saturated carbocycles. The second kappa shape index (κ2) is 5.28. The fourth-order valence-corrected chi connectivity index (χ4v) is 1.76. The summed E-state index contributed by atoms with van der Waals surface area (Å²) in [4.78, 5) is 2.46. The molecule has 1 saturated heterocycles. The highest BCUT2D eigenvalue weighted by atomic mass is 16.5. The number of hydrogen-bond acceptors (Lipinski definition) is 2. The lowest BCUT2D eigenvalue weighted by atomic mass is 10.1. The molecular formula is C11H21NO. The molecule has 0 spiro atoms. The van der Waals surface area contributed by atoms with Gasteiger partial charge >= 0.3 is 0 Å². The lowest BCUT2D eigenvalue weighted by Gasteiger charge is -2.33. The number of morpholine rings is 1. The van der Waals surface area contributed by atoms with E-state index in [1.807, 2.05) is 0 Å². The van der Waals surface area contributed by atoms with Crippen molar-refractivity contribution in [2.24, 2.45) is 5.92 Å². The first-order chi connectivity index (χ1) is 6.25. The molecule has 0 atom stereocenters. The molecule has 0 N–H and O–H groups in total. The van der Waals surface area contributed by atoms with Gasteiger partial charge < -0.3 is 9.64 Å². The molecule has 2 heteroatoms. The molecule has 0 aromatic heterocycles. The Morgan fingerprint density at radius 2 is 2.00 bits per heavy atom. The van der Waals surface area contributed by atoms with E-state index in [9.17, 15) is 0 Å². The Bertz CT molecular complexity index is 169. The van der Waals surface area contributed by atoms with E-state index >= 15 is 0 Å². The SMILES string of the molecule is CC/C=C(/C(C)C)N1CCOCC1. The lowest BCUT2D eigenvalue weighted by Crippen LogP contribution is -2.37. The molecule has 0 bridgehead atoms. The fraction of sp³-hybridized carbons (Fsp3) is 0.818. The average Bonchev–Trinajstić information content (AvgIpc) is 2.15. The van der Waals surface area contributed by atoms with Crippen molar-refractivity contribution in [2.75, 3.05) is 26.3 Å². The van der Waals surface area contributed by atoms with Crippen molar-refractivity contribution in [3.8, 4) is 0 Å². The van der Waals surface area contributed by atoms with E-state index < -0.39 is 0 Å². The largest absolute Gasteiger partial charge is 0.378 e. The molecule has 1 aliphatic heterocycles. The van der Waals surface area contributed by atoms with Crippen molar-refractivity contribution in [2.45, 2.75) is 27.2 Å². The lowest BCUT2D eigenvalue weighted by molar-refractivity contribution is 0.0494. The van der Waals surface area contributed by atoms with Crippen LogP contribution in [0.25, 0.3) is 0 Å². The van der Waals surface area contributed by atoms with Gasteiger partial charge in [0.2, 0.25) is 0 Å². The number of rotatable bonds is 3. The van der Waals surface area contributed by atoms with Crippen LogP contribution in [0.1, 0.15) is 27.2 Å². The van der Waals surface area contributed by atoms with E-state index in [2.05, 4.69) is 31.7 Å². The van der Waals surface area contributed by atoms with E-state index in [0.29, 0.717) is 5.92 Å². The van der Waals surface area contributed by atoms with Gasteiger partial charge in [0.25, 0.3) is 0 Å². The molecule has 1 heterocycles. The van der Waals surface area contributed by atoms with Crippen LogP contribution in [-0.2, 0) is 4.74 Å². The first-order valence-electron chi connectivity index (χ1n) is 5.28. The van der Waals surface area contributed by atoms with Crippen molar-refractivity contribution in [3.05, 3.63) is 11.8 Å². The van der Waals surface area contributed by atoms with Crippen LogP contribution in [0.5, 0.6) is 0 Å². The van der Waals surface area contributed by atoms with Crippen LogP contribution in [0, 0.1) is 5.92 Å². The number of nitrogens with zero attached hydrogens (tertiary/aromatic N) is 1. The van der Waals surface area contributed by atoms with Gasteiger partial charge in [-0.15, -0.1) is 0 Å². The Hall–Kier alpha value is -0.500. The van der Waals surface area contributed by atoms with Gasteiger partial charge in [0, 0.05) is 18.8 Å². The summed E-state index contributed by atoms with van der Waals surface area (Å²) in [6, 6.07) is 0. The van der Waals surface area contributed by atoms with E-state index in [-0.39, 0.29) is 0 Å². The molecule has 0 amide bonds. The smallest absolute Gasteiger partial charge is 0.0642 e. The quantitative estimate of drug-likeness (QED) is 0.665. The third-order valence-corrected chi connectivity index (χ3v) is 2.38. The summed E-state index contributed by atoms with van der Waals surface area (Å²) in [6.07, 6.45) is 3.47. The second-order valence-corrected chi connectivity index (χ2v) is 3.79. The molecule has 13 heavy (non-hydrogen) atoms. The highest BCUT2D eigenvalue weighted by Crippen LogP contribution is 2.17. The van der Waals surface area contributed by atoms with Crippen LogP contribution in [0.4, 0.5) is 0 Å². The van der Waals surface area contributed by atoms with Gasteiger partial charge in [0.1, 0.15) is 0 Å². The van der Waals surface area contributed by atoms with Gasteiger partial charge in [-0.3, -0.25) is 0 Å². The Labute approximate surface area is 81.6 Å². The van der Waals surface area contributed by atoms with Gasteiger partial charge in [-0.05, 0) is 12.3 Å². The summed E-state index contributed by atoms with van der Waals surface area (Å²) in [5.74, 6) is 0.637. The highest BCUT2D eigenvalue weighted by molar-refractivity contribution is 5.04. The molecule has 0 radical (unpaired) electrons. The van der Waals surface area contributed by atoms with Crippen LogP contribution in [0.15, 0.2) is 11.8 Å². The Balaban J connectivity index is 2.57. The summed E-state index contributed by atoms with van der Waals surface area (Å²) in [5.41, 5.74) is 1.49. The number of hydrogen-bond donors (Lipinski definition) is 0. The summed E-state index contributed by atoms with van der Waals surface area (Å²) in [5, 5.41) is 0. The third kappa shape index (κ3) is 3.03. The molecule has 0 aliphatic carbocycles. The third-order valence-electron chi connectivity index (χ3n) is 2.38. The zero-order chi connectivity index (χ0) is 9.68. The van der Waals surface area contributed by atoms with Gasteiger partial charge in [-0.25, -0.2) is 0 Å². The topological polar surface area (TPSA) is 12.5 Å². The monoisotopic (exact) mass is 183 g/mol. The van der Waals surface area contributed by atoms with Crippen molar-refractivity contribution < 1.29 is 4.74 Å². The predicted octanol–water partition coefficient (Wildman–Crippen LogP) is 2.27. The average molecular weight is 183 g/mol. The van der Waals surface area contributed by atoms with Crippen molar-refractivity contribution in [1.29, 1.82) is 0 Å². The highest BCUT2D eigenvalue weighted by Gasteiger charge is 2.15. The van der Waals surface area contributed by atoms with E-state index in [1.54, 1.807) is 0 Å². The first kappa shape index (κ1) is 10.6. The van der Waals surface area contributed by atoms with E-state index in [0.717, 1.165) is 32.7 Å². The summed E-state index contributed by atoms with van der Waals surface area (Å²) >= 11 is 0. The van der Waals surface area contributed by atoms with Crippen LogP contribution in [0.3, 0.4) is 0 Å². The Morgan fingerprint density at radius 3 is 2.46 bits per heavy atom. The van der Waals surface area contributed by atoms with Crippen LogP contribution >= 0.6 is 0 Å². The van der Waals surface area contributed by atoms with Crippen molar-refractivity contribution >= 4 is 0 Å². The maximum absolute atomic E-state index is 5.34.